The van der Waals surface area contributed by atoms with E-state index < -0.39 is 0 Å². The molecule has 0 aromatic rings. The van der Waals surface area contributed by atoms with E-state index in [-0.39, 0.29) is 11.0 Å². The molecule has 2 fully saturated rings. The minimum atomic E-state index is -0.290. The zero-order valence-electron chi connectivity index (χ0n) is 10.8. The predicted octanol–water partition coefficient (Wildman–Crippen LogP) is 3.54. The standard InChI is InChI=1S/C14H24O2/c1-11-7-12-5-4-6-14(8-11,9-12)13(2,3)16-10-15/h10-12H,4-9H2,1-3H3. The summed E-state index contributed by atoms with van der Waals surface area (Å²) in [5.74, 6) is 1.65. The number of hydrogen-bond acceptors (Lipinski definition) is 2. The third-order valence-electron chi connectivity index (χ3n) is 5.04. The van der Waals surface area contributed by atoms with E-state index in [4.69, 9.17) is 4.74 Å². The molecule has 0 aliphatic heterocycles. The van der Waals surface area contributed by atoms with Gasteiger partial charge in [-0.2, -0.15) is 0 Å². The van der Waals surface area contributed by atoms with Crippen molar-refractivity contribution in [2.75, 3.05) is 0 Å². The van der Waals surface area contributed by atoms with Gasteiger partial charge in [0.15, 0.2) is 0 Å². The maximum Gasteiger partial charge on any atom is 0.293 e. The summed E-state index contributed by atoms with van der Waals surface area (Å²) in [5.41, 5.74) is -0.0450. The third-order valence-corrected chi connectivity index (χ3v) is 5.04. The number of fused-ring (bicyclic) bond motifs is 2. The van der Waals surface area contributed by atoms with E-state index >= 15 is 0 Å². The summed E-state index contributed by atoms with van der Waals surface area (Å²) in [7, 11) is 0. The Kier molecular flexibility index (Phi) is 3.02. The minimum absolute atomic E-state index is 0.245. The first kappa shape index (κ1) is 11.9. The Labute approximate surface area is 98.7 Å². The molecular formula is C14H24O2. The van der Waals surface area contributed by atoms with Crippen molar-refractivity contribution >= 4 is 6.47 Å². The van der Waals surface area contributed by atoms with Gasteiger partial charge in [0.05, 0.1) is 0 Å². The molecule has 0 heterocycles. The Morgan fingerprint density at radius 1 is 1.38 bits per heavy atom. The molecule has 0 aromatic carbocycles. The van der Waals surface area contributed by atoms with Gasteiger partial charge in [-0.05, 0) is 51.4 Å². The average molecular weight is 224 g/mol. The van der Waals surface area contributed by atoms with Gasteiger partial charge in [0.2, 0.25) is 0 Å². The van der Waals surface area contributed by atoms with Crippen molar-refractivity contribution in [1.29, 1.82) is 0 Å². The molecule has 3 unspecified atom stereocenters. The number of hydrogen-bond donors (Lipinski definition) is 0. The van der Waals surface area contributed by atoms with Gasteiger partial charge in [-0.25, -0.2) is 0 Å². The highest BCUT2D eigenvalue weighted by molar-refractivity contribution is 5.38. The van der Waals surface area contributed by atoms with Crippen molar-refractivity contribution in [3.63, 3.8) is 0 Å². The number of rotatable bonds is 3. The fourth-order valence-corrected chi connectivity index (χ4v) is 4.23. The van der Waals surface area contributed by atoms with Crippen LogP contribution in [0.1, 0.15) is 59.3 Å². The van der Waals surface area contributed by atoms with Crippen LogP contribution < -0.4 is 0 Å². The van der Waals surface area contributed by atoms with Crippen molar-refractivity contribution < 1.29 is 9.53 Å². The second kappa shape index (κ2) is 4.05. The highest BCUT2D eigenvalue weighted by Crippen LogP contribution is 2.56. The van der Waals surface area contributed by atoms with Gasteiger partial charge < -0.3 is 4.74 Å². The molecule has 2 aliphatic carbocycles. The first-order chi connectivity index (χ1) is 7.49. The minimum Gasteiger partial charge on any atom is -0.461 e. The van der Waals surface area contributed by atoms with Crippen LogP contribution >= 0.6 is 0 Å². The van der Waals surface area contributed by atoms with Crippen LogP contribution in [0.2, 0.25) is 0 Å². The molecule has 2 nitrogen and oxygen atoms in total. The molecular weight excluding hydrogens is 200 g/mol. The van der Waals surface area contributed by atoms with E-state index in [0.717, 1.165) is 11.8 Å². The molecule has 0 N–H and O–H groups in total. The van der Waals surface area contributed by atoms with Crippen molar-refractivity contribution in [1.82, 2.24) is 0 Å². The quantitative estimate of drug-likeness (QED) is 0.685. The topological polar surface area (TPSA) is 26.3 Å². The van der Waals surface area contributed by atoms with E-state index in [2.05, 4.69) is 20.8 Å². The van der Waals surface area contributed by atoms with Crippen LogP contribution in [0, 0.1) is 17.3 Å². The molecule has 92 valence electrons. The van der Waals surface area contributed by atoms with Crippen LogP contribution in [0.4, 0.5) is 0 Å². The number of carbonyl (C=O) groups excluding carboxylic acids is 1. The van der Waals surface area contributed by atoms with Crippen molar-refractivity contribution in [3.05, 3.63) is 0 Å². The molecule has 16 heavy (non-hydrogen) atoms. The van der Waals surface area contributed by atoms with E-state index in [1.807, 2.05) is 0 Å². The Morgan fingerprint density at radius 3 is 2.81 bits per heavy atom. The SMILES string of the molecule is CC1CC2CCCC(C(C)(C)OC=O)(C1)C2. The lowest BCUT2D eigenvalue weighted by atomic mass is 9.53. The second-order valence-electron chi connectivity index (χ2n) is 6.51. The van der Waals surface area contributed by atoms with Gasteiger partial charge in [-0.15, -0.1) is 0 Å². The summed E-state index contributed by atoms with van der Waals surface area (Å²) < 4.78 is 5.41. The van der Waals surface area contributed by atoms with Gasteiger partial charge >= 0.3 is 0 Å². The van der Waals surface area contributed by atoms with Crippen LogP contribution in [0.25, 0.3) is 0 Å². The van der Waals surface area contributed by atoms with E-state index in [0.29, 0.717) is 6.47 Å². The van der Waals surface area contributed by atoms with Crippen molar-refractivity contribution in [3.8, 4) is 0 Å². The zero-order chi connectivity index (χ0) is 11.8. The average Bonchev–Trinajstić information content (AvgIpc) is 2.16. The predicted molar refractivity (Wildman–Crippen MR) is 64.0 cm³/mol. The van der Waals surface area contributed by atoms with Gasteiger partial charge in [0, 0.05) is 5.41 Å². The smallest absolute Gasteiger partial charge is 0.293 e. The highest BCUT2D eigenvalue weighted by atomic mass is 16.5. The van der Waals surface area contributed by atoms with Crippen LogP contribution in [0.15, 0.2) is 0 Å². The fourth-order valence-electron chi connectivity index (χ4n) is 4.23. The summed E-state index contributed by atoms with van der Waals surface area (Å²) in [6.07, 6.45) is 7.78. The Morgan fingerprint density at radius 2 is 2.12 bits per heavy atom. The van der Waals surface area contributed by atoms with E-state index in [9.17, 15) is 4.79 Å². The third kappa shape index (κ3) is 1.87. The molecule has 2 saturated carbocycles. The number of carbonyl (C=O) groups is 1. The van der Waals surface area contributed by atoms with Gasteiger partial charge in [0.1, 0.15) is 5.60 Å². The Bertz CT molecular complexity index is 268. The molecule has 2 bridgehead atoms. The highest BCUT2D eigenvalue weighted by Gasteiger charge is 2.52. The molecule has 0 saturated heterocycles. The summed E-state index contributed by atoms with van der Waals surface area (Å²) in [5, 5.41) is 0. The van der Waals surface area contributed by atoms with Crippen molar-refractivity contribution in [2.45, 2.75) is 64.9 Å². The van der Waals surface area contributed by atoms with Crippen LogP contribution in [-0.4, -0.2) is 12.1 Å². The molecule has 2 aliphatic rings. The molecule has 0 radical (unpaired) electrons. The lowest BCUT2D eigenvalue weighted by molar-refractivity contribution is -0.169. The zero-order valence-corrected chi connectivity index (χ0v) is 10.8. The summed E-state index contributed by atoms with van der Waals surface area (Å²) >= 11 is 0. The van der Waals surface area contributed by atoms with Gasteiger partial charge in [-0.3, -0.25) is 4.79 Å². The number of ether oxygens (including phenoxy) is 1. The van der Waals surface area contributed by atoms with Crippen LogP contribution in [0.5, 0.6) is 0 Å². The second-order valence-corrected chi connectivity index (χ2v) is 6.51. The fraction of sp³-hybridized carbons (Fsp3) is 0.929. The van der Waals surface area contributed by atoms with E-state index in [1.54, 1.807) is 0 Å². The monoisotopic (exact) mass is 224 g/mol. The van der Waals surface area contributed by atoms with Gasteiger partial charge in [0.25, 0.3) is 6.47 Å². The Hall–Kier alpha value is -0.530. The maximum absolute atomic E-state index is 10.7. The summed E-state index contributed by atoms with van der Waals surface area (Å²) in [6.45, 7) is 7.19. The van der Waals surface area contributed by atoms with Gasteiger partial charge in [-0.1, -0.05) is 19.8 Å². The van der Waals surface area contributed by atoms with Crippen LogP contribution in [0.3, 0.4) is 0 Å². The molecule has 2 rings (SSSR count). The first-order valence-electron chi connectivity index (χ1n) is 6.60. The maximum atomic E-state index is 10.7. The largest absolute Gasteiger partial charge is 0.461 e. The van der Waals surface area contributed by atoms with E-state index in [1.165, 1.54) is 38.5 Å². The molecule has 0 amide bonds. The lowest BCUT2D eigenvalue weighted by Crippen LogP contribution is -2.51. The first-order valence-corrected chi connectivity index (χ1v) is 6.60. The summed E-state index contributed by atoms with van der Waals surface area (Å²) in [4.78, 5) is 10.7. The normalized spacial score (nSPS) is 39.2. The van der Waals surface area contributed by atoms with Crippen LogP contribution in [-0.2, 0) is 9.53 Å². The summed E-state index contributed by atoms with van der Waals surface area (Å²) in [6, 6.07) is 0. The molecule has 2 heteroatoms. The molecule has 0 aromatic heterocycles. The van der Waals surface area contributed by atoms with Crippen molar-refractivity contribution in [2.24, 2.45) is 17.3 Å². The Balaban J connectivity index is 2.23. The lowest BCUT2D eigenvalue weighted by Gasteiger charge is -2.54. The molecule has 3 atom stereocenters. The molecule has 0 spiro atoms.